The number of hydrogen-bond donors (Lipinski definition) is 1. The van der Waals surface area contributed by atoms with Gasteiger partial charge >= 0.3 is 0 Å². The second-order valence-corrected chi connectivity index (χ2v) is 4.17. The predicted molar refractivity (Wildman–Crippen MR) is 55.9 cm³/mol. The molecule has 0 saturated heterocycles. The minimum Gasteiger partial charge on any atom is -0.388 e. The van der Waals surface area contributed by atoms with Gasteiger partial charge in [0.05, 0.1) is 5.60 Å². The van der Waals surface area contributed by atoms with Crippen molar-refractivity contribution in [3.8, 4) is 0 Å². The average molecular weight is 197 g/mol. The van der Waals surface area contributed by atoms with Crippen LogP contribution in [-0.4, -0.2) is 35.1 Å². The normalized spacial score (nSPS) is 19.3. The van der Waals surface area contributed by atoms with Gasteiger partial charge in [-0.05, 0) is 12.8 Å². The van der Waals surface area contributed by atoms with E-state index in [4.69, 9.17) is 0 Å². The van der Waals surface area contributed by atoms with E-state index < -0.39 is 5.60 Å². The molecule has 1 rings (SSSR count). The Hall–Kier alpha value is -0.830. The summed E-state index contributed by atoms with van der Waals surface area (Å²) in [5, 5.41) is 10.1. The molecule has 0 unspecified atom stereocenters. The summed E-state index contributed by atoms with van der Waals surface area (Å²) < 4.78 is 0. The molecule has 3 nitrogen and oxygen atoms in total. The van der Waals surface area contributed by atoms with Crippen LogP contribution in [0.3, 0.4) is 0 Å². The Morgan fingerprint density at radius 2 is 2.14 bits per heavy atom. The van der Waals surface area contributed by atoms with E-state index in [0.29, 0.717) is 13.0 Å². The first-order valence-electron chi connectivity index (χ1n) is 5.15. The van der Waals surface area contributed by atoms with Gasteiger partial charge in [-0.25, -0.2) is 0 Å². The van der Waals surface area contributed by atoms with Crippen molar-refractivity contribution in [1.29, 1.82) is 0 Å². The van der Waals surface area contributed by atoms with Gasteiger partial charge in [-0.1, -0.05) is 18.9 Å². The third kappa shape index (κ3) is 2.84. The molecule has 0 radical (unpaired) electrons. The highest BCUT2D eigenvalue weighted by Gasteiger charge is 2.33. The molecule has 0 heterocycles. The lowest BCUT2D eigenvalue weighted by Crippen LogP contribution is -2.41. The van der Waals surface area contributed by atoms with Crippen molar-refractivity contribution < 1.29 is 9.90 Å². The lowest BCUT2D eigenvalue weighted by atomic mass is 10.0. The summed E-state index contributed by atoms with van der Waals surface area (Å²) in [4.78, 5) is 13.0. The zero-order valence-corrected chi connectivity index (χ0v) is 8.83. The zero-order chi connectivity index (χ0) is 10.6. The van der Waals surface area contributed by atoms with Crippen molar-refractivity contribution in [3.63, 3.8) is 0 Å². The Morgan fingerprint density at radius 3 is 2.64 bits per heavy atom. The first-order chi connectivity index (χ1) is 6.57. The van der Waals surface area contributed by atoms with Crippen LogP contribution in [0.15, 0.2) is 12.7 Å². The fourth-order valence-corrected chi connectivity index (χ4v) is 2.00. The summed E-state index contributed by atoms with van der Waals surface area (Å²) >= 11 is 0. The van der Waals surface area contributed by atoms with Gasteiger partial charge in [0.1, 0.15) is 0 Å². The number of carbonyl (C=O) groups excluding carboxylic acids is 1. The Labute approximate surface area is 85.4 Å². The van der Waals surface area contributed by atoms with Crippen molar-refractivity contribution >= 4 is 5.91 Å². The maximum absolute atomic E-state index is 11.4. The van der Waals surface area contributed by atoms with Crippen LogP contribution in [-0.2, 0) is 4.79 Å². The quantitative estimate of drug-likeness (QED) is 0.691. The second kappa shape index (κ2) is 4.60. The molecule has 0 spiro atoms. The molecule has 3 heteroatoms. The van der Waals surface area contributed by atoms with E-state index in [9.17, 15) is 9.90 Å². The lowest BCUT2D eigenvalue weighted by molar-refractivity contribution is -0.132. The number of amides is 1. The van der Waals surface area contributed by atoms with Crippen LogP contribution < -0.4 is 0 Å². The molecule has 0 bridgehead atoms. The van der Waals surface area contributed by atoms with Crippen LogP contribution in [0.1, 0.15) is 32.1 Å². The molecule has 0 aromatic carbocycles. The number of hydrogen-bond acceptors (Lipinski definition) is 2. The Balaban J connectivity index is 2.42. The molecule has 80 valence electrons. The number of aliphatic hydroxyl groups is 1. The van der Waals surface area contributed by atoms with Gasteiger partial charge in [-0.3, -0.25) is 4.79 Å². The van der Waals surface area contributed by atoms with Crippen LogP contribution in [0.4, 0.5) is 0 Å². The van der Waals surface area contributed by atoms with Gasteiger partial charge in [-0.15, -0.1) is 6.58 Å². The molecular weight excluding hydrogens is 178 g/mol. The molecule has 1 fully saturated rings. The summed E-state index contributed by atoms with van der Waals surface area (Å²) in [6.45, 7) is 3.98. The molecule has 0 aliphatic heterocycles. The Morgan fingerprint density at radius 1 is 1.57 bits per heavy atom. The molecule has 1 amide bonds. The molecule has 1 aliphatic rings. The first kappa shape index (κ1) is 11.2. The minimum atomic E-state index is -0.633. The van der Waals surface area contributed by atoms with E-state index in [2.05, 4.69) is 6.58 Å². The van der Waals surface area contributed by atoms with Crippen LogP contribution in [0.25, 0.3) is 0 Å². The van der Waals surface area contributed by atoms with E-state index in [0.717, 1.165) is 25.7 Å². The molecule has 1 saturated carbocycles. The van der Waals surface area contributed by atoms with Gasteiger partial charge in [0, 0.05) is 20.0 Å². The van der Waals surface area contributed by atoms with E-state index in [-0.39, 0.29) is 5.91 Å². The summed E-state index contributed by atoms with van der Waals surface area (Å²) in [5.41, 5.74) is -0.633. The van der Waals surface area contributed by atoms with E-state index in [1.165, 1.54) is 0 Å². The highest BCUT2D eigenvalue weighted by Crippen LogP contribution is 2.29. The van der Waals surface area contributed by atoms with Crippen molar-refractivity contribution in [3.05, 3.63) is 12.7 Å². The predicted octanol–water partition coefficient (Wildman–Crippen LogP) is 1.33. The number of nitrogens with zero attached hydrogens (tertiary/aromatic N) is 1. The molecule has 1 aliphatic carbocycles. The highest BCUT2D eigenvalue weighted by molar-refractivity contribution is 5.77. The van der Waals surface area contributed by atoms with Crippen molar-refractivity contribution in [2.45, 2.75) is 37.7 Å². The van der Waals surface area contributed by atoms with E-state index >= 15 is 0 Å². The maximum Gasteiger partial charge on any atom is 0.226 e. The fourth-order valence-electron chi connectivity index (χ4n) is 2.00. The third-order valence-electron chi connectivity index (χ3n) is 2.81. The van der Waals surface area contributed by atoms with E-state index in [1.54, 1.807) is 18.0 Å². The molecular formula is C11H19NO2. The first-order valence-corrected chi connectivity index (χ1v) is 5.15. The largest absolute Gasteiger partial charge is 0.388 e. The maximum atomic E-state index is 11.4. The van der Waals surface area contributed by atoms with Gasteiger partial charge in [0.2, 0.25) is 5.91 Å². The average Bonchev–Trinajstić information content (AvgIpc) is 2.52. The third-order valence-corrected chi connectivity index (χ3v) is 2.81. The van der Waals surface area contributed by atoms with Crippen molar-refractivity contribution in [2.75, 3.05) is 13.6 Å². The standard InChI is InChI=1S/C11H19NO2/c1-3-6-10(13)12(2)9-11(14)7-4-5-8-11/h3,14H,1,4-9H2,2H3. The van der Waals surface area contributed by atoms with Gasteiger partial charge in [0.25, 0.3) is 0 Å². The van der Waals surface area contributed by atoms with Crippen LogP contribution in [0.5, 0.6) is 0 Å². The van der Waals surface area contributed by atoms with Gasteiger partial charge < -0.3 is 10.0 Å². The highest BCUT2D eigenvalue weighted by atomic mass is 16.3. The zero-order valence-electron chi connectivity index (χ0n) is 8.83. The van der Waals surface area contributed by atoms with Crippen LogP contribution in [0, 0.1) is 0 Å². The van der Waals surface area contributed by atoms with Crippen LogP contribution in [0.2, 0.25) is 0 Å². The number of likely N-dealkylation sites (N-methyl/N-ethyl adjacent to an activating group) is 1. The smallest absolute Gasteiger partial charge is 0.226 e. The SMILES string of the molecule is C=CCC(=O)N(C)CC1(O)CCCC1. The molecule has 0 aromatic heterocycles. The Bertz CT molecular complexity index is 219. The molecule has 1 N–H and O–H groups in total. The summed E-state index contributed by atoms with van der Waals surface area (Å²) in [6.07, 6.45) is 5.72. The topological polar surface area (TPSA) is 40.5 Å². The summed E-state index contributed by atoms with van der Waals surface area (Å²) in [7, 11) is 1.74. The Kier molecular flexibility index (Phi) is 3.69. The monoisotopic (exact) mass is 197 g/mol. The summed E-state index contributed by atoms with van der Waals surface area (Å²) in [6, 6.07) is 0. The van der Waals surface area contributed by atoms with E-state index in [1.807, 2.05) is 0 Å². The summed E-state index contributed by atoms with van der Waals surface area (Å²) in [5.74, 6) is 0.0281. The number of rotatable bonds is 4. The number of carbonyl (C=O) groups is 1. The lowest BCUT2D eigenvalue weighted by Gasteiger charge is -2.28. The van der Waals surface area contributed by atoms with Crippen LogP contribution >= 0.6 is 0 Å². The minimum absolute atomic E-state index is 0.0281. The van der Waals surface area contributed by atoms with Gasteiger partial charge in [-0.2, -0.15) is 0 Å². The molecule has 14 heavy (non-hydrogen) atoms. The van der Waals surface area contributed by atoms with Gasteiger partial charge in [0.15, 0.2) is 0 Å². The second-order valence-electron chi connectivity index (χ2n) is 4.17. The molecule has 0 aromatic rings. The van der Waals surface area contributed by atoms with Crippen molar-refractivity contribution in [2.24, 2.45) is 0 Å². The van der Waals surface area contributed by atoms with Crippen molar-refractivity contribution in [1.82, 2.24) is 4.90 Å². The molecule has 0 atom stereocenters. The fraction of sp³-hybridized carbons (Fsp3) is 0.727.